The summed E-state index contributed by atoms with van der Waals surface area (Å²) in [6.07, 6.45) is 4.86. The number of likely N-dealkylation sites (tertiary alicyclic amines) is 1. The monoisotopic (exact) mass is 248 g/mol. The number of halogens is 1. The first-order valence-electron chi connectivity index (χ1n) is 6.30. The average molecular weight is 249 g/mol. The van der Waals surface area contributed by atoms with Gasteiger partial charge < -0.3 is 9.47 Å². The van der Waals surface area contributed by atoms with Gasteiger partial charge in [-0.1, -0.05) is 17.7 Å². The first-order valence-corrected chi connectivity index (χ1v) is 6.68. The van der Waals surface area contributed by atoms with Gasteiger partial charge in [0.15, 0.2) is 0 Å². The maximum Gasteiger partial charge on any atom is 0.0499 e. The number of aromatic nitrogens is 1. The molecule has 0 bridgehead atoms. The van der Waals surface area contributed by atoms with Crippen LogP contribution in [0.5, 0.6) is 0 Å². The Bertz CT molecular complexity index is 512. The van der Waals surface area contributed by atoms with Crippen LogP contribution in [0.25, 0.3) is 10.9 Å². The summed E-state index contributed by atoms with van der Waals surface area (Å²) in [6, 6.07) is 8.23. The van der Waals surface area contributed by atoms with E-state index in [0.717, 1.165) is 23.5 Å². The molecule has 0 spiro atoms. The highest BCUT2D eigenvalue weighted by Gasteiger charge is 2.11. The quantitative estimate of drug-likeness (QED) is 0.808. The van der Waals surface area contributed by atoms with E-state index in [0.29, 0.717) is 0 Å². The van der Waals surface area contributed by atoms with Crippen molar-refractivity contribution in [2.45, 2.75) is 19.4 Å². The van der Waals surface area contributed by atoms with Crippen molar-refractivity contribution in [2.24, 2.45) is 0 Å². The van der Waals surface area contributed by atoms with Crippen LogP contribution in [0.4, 0.5) is 0 Å². The number of rotatable bonds is 3. The van der Waals surface area contributed by atoms with Crippen LogP contribution in [0.2, 0.25) is 5.02 Å². The fourth-order valence-corrected chi connectivity index (χ4v) is 2.87. The number of hydrogen-bond acceptors (Lipinski definition) is 1. The summed E-state index contributed by atoms with van der Waals surface area (Å²) in [7, 11) is 0. The molecule has 3 rings (SSSR count). The Morgan fingerprint density at radius 1 is 1.06 bits per heavy atom. The van der Waals surface area contributed by atoms with E-state index in [1.807, 2.05) is 12.1 Å². The maximum absolute atomic E-state index is 6.17. The number of hydrogen-bond donors (Lipinski definition) is 0. The van der Waals surface area contributed by atoms with Crippen molar-refractivity contribution in [3.8, 4) is 0 Å². The minimum absolute atomic E-state index is 0.849. The lowest BCUT2D eigenvalue weighted by Crippen LogP contribution is -2.23. The summed E-state index contributed by atoms with van der Waals surface area (Å²) in [5.41, 5.74) is 1.25. The van der Waals surface area contributed by atoms with E-state index in [1.54, 1.807) is 0 Å². The predicted molar refractivity (Wildman–Crippen MR) is 72.6 cm³/mol. The molecule has 17 heavy (non-hydrogen) atoms. The molecule has 0 unspecified atom stereocenters. The first kappa shape index (κ1) is 11.1. The molecule has 2 heterocycles. The van der Waals surface area contributed by atoms with E-state index in [2.05, 4.69) is 27.8 Å². The summed E-state index contributed by atoms with van der Waals surface area (Å²) in [6.45, 7) is 4.74. The second-order valence-electron chi connectivity index (χ2n) is 4.73. The van der Waals surface area contributed by atoms with E-state index in [1.165, 1.54) is 31.4 Å². The van der Waals surface area contributed by atoms with Crippen molar-refractivity contribution in [3.05, 3.63) is 35.5 Å². The van der Waals surface area contributed by atoms with E-state index >= 15 is 0 Å². The zero-order chi connectivity index (χ0) is 11.7. The van der Waals surface area contributed by atoms with E-state index in [9.17, 15) is 0 Å². The smallest absolute Gasteiger partial charge is 0.0499 e. The van der Waals surface area contributed by atoms with Gasteiger partial charge in [-0.05, 0) is 44.1 Å². The Hall–Kier alpha value is -0.990. The van der Waals surface area contributed by atoms with Gasteiger partial charge in [0, 0.05) is 35.2 Å². The standard InChI is InChI=1S/C14H17ClN2/c15-13-4-3-5-14-12(13)6-9-17(14)11-10-16-7-1-2-8-16/h3-6,9H,1-2,7-8,10-11H2. The number of fused-ring (bicyclic) bond motifs is 1. The molecule has 0 atom stereocenters. The van der Waals surface area contributed by atoms with Crippen LogP contribution in [0.1, 0.15) is 12.8 Å². The zero-order valence-corrected chi connectivity index (χ0v) is 10.7. The minimum Gasteiger partial charge on any atom is -0.346 e. The van der Waals surface area contributed by atoms with Crippen molar-refractivity contribution in [1.29, 1.82) is 0 Å². The van der Waals surface area contributed by atoms with Gasteiger partial charge in [0.2, 0.25) is 0 Å². The molecule has 1 aromatic carbocycles. The lowest BCUT2D eigenvalue weighted by Gasteiger charge is -2.15. The molecule has 1 aliphatic heterocycles. The minimum atomic E-state index is 0.849. The molecular formula is C14H17ClN2. The highest BCUT2D eigenvalue weighted by molar-refractivity contribution is 6.35. The molecule has 2 nitrogen and oxygen atoms in total. The lowest BCUT2D eigenvalue weighted by atomic mass is 10.2. The van der Waals surface area contributed by atoms with Crippen molar-refractivity contribution in [2.75, 3.05) is 19.6 Å². The Morgan fingerprint density at radius 3 is 2.71 bits per heavy atom. The Labute approximate surface area is 107 Å². The molecule has 0 radical (unpaired) electrons. The topological polar surface area (TPSA) is 8.17 Å². The predicted octanol–water partition coefficient (Wildman–Crippen LogP) is 3.39. The molecule has 0 N–H and O–H groups in total. The van der Waals surface area contributed by atoms with Crippen LogP contribution < -0.4 is 0 Å². The van der Waals surface area contributed by atoms with Gasteiger partial charge >= 0.3 is 0 Å². The molecule has 0 saturated carbocycles. The number of benzene rings is 1. The normalized spacial score (nSPS) is 17.0. The summed E-state index contributed by atoms with van der Waals surface area (Å²) >= 11 is 6.17. The molecule has 0 aliphatic carbocycles. The molecule has 2 aromatic rings. The van der Waals surface area contributed by atoms with Crippen molar-refractivity contribution < 1.29 is 0 Å². The summed E-state index contributed by atoms with van der Waals surface area (Å²) in [4.78, 5) is 2.54. The molecule has 90 valence electrons. The summed E-state index contributed by atoms with van der Waals surface area (Å²) in [5.74, 6) is 0. The largest absolute Gasteiger partial charge is 0.346 e. The molecular weight excluding hydrogens is 232 g/mol. The van der Waals surface area contributed by atoms with Gasteiger partial charge in [-0.3, -0.25) is 0 Å². The summed E-state index contributed by atoms with van der Waals surface area (Å²) in [5, 5.41) is 2.01. The third-order valence-corrected chi connectivity index (χ3v) is 3.95. The van der Waals surface area contributed by atoms with E-state index in [-0.39, 0.29) is 0 Å². The van der Waals surface area contributed by atoms with Gasteiger partial charge in [-0.25, -0.2) is 0 Å². The maximum atomic E-state index is 6.17. The highest BCUT2D eigenvalue weighted by Crippen LogP contribution is 2.24. The van der Waals surface area contributed by atoms with Gasteiger partial charge in [-0.15, -0.1) is 0 Å². The van der Waals surface area contributed by atoms with Gasteiger partial charge in [0.25, 0.3) is 0 Å². The Kier molecular flexibility index (Phi) is 3.08. The van der Waals surface area contributed by atoms with Gasteiger partial charge in [-0.2, -0.15) is 0 Å². The zero-order valence-electron chi connectivity index (χ0n) is 9.90. The molecule has 1 saturated heterocycles. The molecule has 1 fully saturated rings. The van der Waals surface area contributed by atoms with Gasteiger partial charge in [0.05, 0.1) is 0 Å². The second kappa shape index (κ2) is 4.71. The van der Waals surface area contributed by atoms with Crippen LogP contribution in [0, 0.1) is 0 Å². The summed E-state index contributed by atoms with van der Waals surface area (Å²) < 4.78 is 2.31. The van der Waals surface area contributed by atoms with Crippen molar-refractivity contribution in [1.82, 2.24) is 9.47 Å². The van der Waals surface area contributed by atoms with Gasteiger partial charge in [0.1, 0.15) is 0 Å². The average Bonchev–Trinajstić information content (AvgIpc) is 2.95. The highest BCUT2D eigenvalue weighted by atomic mass is 35.5. The lowest BCUT2D eigenvalue weighted by molar-refractivity contribution is 0.324. The molecule has 1 aromatic heterocycles. The Morgan fingerprint density at radius 2 is 1.88 bits per heavy atom. The fourth-order valence-electron chi connectivity index (χ4n) is 2.64. The molecule has 1 aliphatic rings. The van der Waals surface area contributed by atoms with Crippen molar-refractivity contribution in [3.63, 3.8) is 0 Å². The van der Waals surface area contributed by atoms with E-state index < -0.39 is 0 Å². The van der Waals surface area contributed by atoms with Crippen molar-refractivity contribution >= 4 is 22.5 Å². The third-order valence-electron chi connectivity index (χ3n) is 3.62. The van der Waals surface area contributed by atoms with Crippen LogP contribution >= 0.6 is 11.6 Å². The third kappa shape index (κ3) is 2.20. The molecule has 3 heteroatoms. The molecule has 0 amide bonds. The SMILES string of the molecule is Clc1cccc2c1ccn2CCN1CCCC1. The van der Waals surface area contributed by atoms with E-state index in [4.69, 9.17) is 11.6 Å². The second-order valence-corrected chi connectivity index (χ2v) is 5.14. The van der Waals surface area contributed by atoms with Crippen LogP contribution in [0.15, 0.2) is 30.5 Å². The Balaban J connectivity index is 1.78. The van der Waals surface area contributed by atoms with Crippen LogP contribution in [-0.4, -0.2) is 29.1 Å². The number of nitrogens with zero attached hydrogens (tertiary/aromatic N) is 2. The first-order chi connectivity index (χ1) is 8.34. The fraction of sp³-hybridized carbons (Fsp3) is 0.429. The van der Waals surface area contributed by atoms with Crippen LogP contribution in [-0.2, 0) is 6.54 Å². The van der Waals surface area contributed by atoms with Crippen LogP contribution in [0.3, 0.4) is 0 Å².